The van der Waals surface area contributed by atoms with Crippen molar-refractivity contribution < 1.29 is 4.79 Å². The fraction of sp³-hybridized carbons (Fsp3) is 0.933. The molecular formula is C15H28N2O. The molecule has 0 aromatic carbocycles. The molecule has 2 aliphatic rings. The van der Waals surface area contributed by atoms with Crippen LogP contribution in [0.5, 0.6) is 0 Å². The molecule has 18 heavy (non-hydrogen) atoms. The van der Waals surface area contributed by atoms with Crippen LogP contribution in [-0.4, -0.2) is 35.5 Å². The van der Waals surface area contributed by atoms with Crippen molar-refractivity contribution in [2.45, 2.75) is 77.9 Å². The quantitative estimate of drug-likeness (QED) is 0.819. The molecule has 1 amide bonds. The monoisotopic (exact) mass is 252 g/mol. The Kier molecular flexibility index (Phi) is 4.00. The normalized spacial score (nSPS) is 35.8. The average molecular weight is 252 g/mol. The van der Waals surface area contributed by atoms with Gasteiger partial charge in [-0.25, -0.2) is 0 Å². The van der Waals surface area contributed by atoms with Crippen molar-refractivity contribution in [2.75, 3.05) is 6.54 Å². The molecule has 0 spiro atoms. The van der Waals surface area contributed by atoms with E-state index in [-0.39, 0.29) is 11.5 Å². The van der Waals surface area contributed by atoms with E-state index in [1.54, 1.807) is 0 Å². The lowest BCUT2D eigenvalue weighted by Crippen LogP contribution is -2.58. The van der Waals surface area contributed by atoms with E-state index in [1.807, 2.05) is 0 Å². The summed E-state index contributed by atoms with van der Waals surface area (Å²) in [5, 5.41) is 3.46. The number of nitrogens with zero attached hydrogens (tertiary/aromatic N) is 1. The fourth-order valence-electron chi connectivity index (χ4n) is 3.65. The number of likely N-dealkylation sites (tertiary alicyclic amines) is 1. The van der Waals surface area contributed by atoms with Gasteiger partial charge in [-0.1, -0.05) is 20.8 Å². The molecule has 0 radical (unpaired) electrons. The Morgan fingerprint density at radius 3 is 2.72 bits per heavy atom. The molecule has 3 heteroatoms. The number of rotatable bonds is 2. The fourth-order valence-corrected chi connectivity index (χ4v) is 3.65. The van der Waals surface area contributed by atoms with Gasteiger partial charge in [-0.05, 0) is 51.0 Å². The number of amides is 1. The zero-order valence-corrected chi connectivity index (χ0v) is 12.3. The third kappa shape index (κ3) is 2.42. The van der Waals surface area contributed by atoms with E-state index in [0.717, 1.165) is 25.8 Å². The number of carbonyl (C=O) groups is 1. The van der Waals surface area contributed by atoms with E-state index in [4.69, 9.17) is 0 Å². The van der Waals surface area contributed by atoms with Gasteiger partial charge < -0.3 is 10.2 Å². The second-order valence-corrected chi connectivity index (χ2v) is 6.71. The van der Waals surface area contributed by atoms with Crippen molar-refractivity contribution in [1.82, 2.24) is 10.2 Å². The maximum atomic E-state index is 12.9. The molecule has 0 saturated carbocycles. The maximum absolute atomic E-state index is 12.9. The minimum atomic E-state index is 0.0147. The summed E-state index contributed by atoms with van der Waals surface area (Å²) in [7, 11) is 0. The van der Waals surface area contributed by atoms with Crippen molar-refractivity contribution in [3.8, 4) is 0 Å². The van der Waals surface area contributed by atoms with Gasteiger partial charge in [0.15, 0.2) is 0 Å². The molecular weight excluding hydrogens is 224 g/mol. The number of hydrogen-bond acceptors (Lipinski definition) is 2. The van der Waals surface area contributed by atoms with E-state index >= 15 is 0 Å². The molecule has 3 atom stereocenters. The van der Waals surface area contributed by atoms with Crippen molar-refractivity contribution >= 4 is 5.91 Å². The van der Waals surface area contributed by atoms with Crippen LogP contribution < -0.4 is 5.32 Å². The zero-order valence-electron chi connectivity index (χ0n) is 12.3. The highest BCUT2D eigenvalue weighted by molar-refractivity contribution is 5.83. The highest BCUT2D eigenvalue weighted by Crippen LogP contribution is 2.34. The number of hydrogen-bond donors (Lipinski definition) is 1. The molecule has 2 saturated heterocycles. The molecule has 3 nitrogen and oxygen atoms in total. The summed E-state index contributed by atoms with van der Waals surface area (Å²) in [6.07, 6.45) is 5.76. The van der Waals surface area contributed by atoms with Gasteiger partial charge >= 0.3 is 0 Å². The molecule has 2 rings (SSSR count). The first kappa shape index (κ1) is 13.9. The summed E-state index contributed by atoms with van der Waals surface area (Å²) in [6.45, 7) is 9.83. The topological polar surface area (TPSA) is 32.3 Å². The lowest BCUT2D eigenvalue weighted by Gasteiger charge is -2.42. The molecule has 0 aliphatic carbocycles. The summed E-state index contributed by atoms with van der Waals surface area (Å²) < 4.78 is 0. The molecule has 2 heterocycles. The molecule has 0 aromatic heterocycles. The lowest BCUT2D eigenvalue weighted by atomic mass is 9.77. The summed E-state index contributed by atoms with van der Waals surface area (Å²) in [5.41, 5.74) is 0.0932. The SMILES string of the molecule is CCC1CCC(C)N1C(=O)C1NCCCC1(C)C. The smallest absolute Gasteiger partial charge is 0.240 e. The molecule has 0 bridgehead atoms. The Bertz CT molecular complexity index is 310. The van der Waals surface area contributed by atoms with Crippen molar-refractivity contribution in [3.05, 3.63) is 0 Å². The minimum Gasteiger partial charge on any atom is -0.336 e. The second-order valence-electron chi connectivity index (χ2n) is 6.71. The Hall–Kier alpha value is -0.570. The molecule has 104 valence electrons. The van der Waals surface area contributed by atoms with Gasteiger partial charge in [0, 0.05) is 12.1 Å². The van der Waals surface area contributed by atoms with Crippen molar-refractivity contribution in [1.29, 1.82) is 0 Å². The summed E-state index contributed by atoms with van der Waals surface area (Å²) >= 11 is 0. The Morgan fingerprint density at radius 2 is 2.11 bits per heavy atom. The van der Waals surface area contributed by atoms with Crippen LogP contribution in [0, 0.1) is 5.41 Å². The third-order valence-corrected chi connectivity index (χ3v) is 4.89. The predicted octanol–water partition coefficient (Wildman–Crippen LogP) is 2.55. The van der Waals surface area contributed by atoms with E-state index in [9.17, 15) is 4.79 Å². The highest BCUT2D eigenvalue weighted by Gasteiger charge is 2.43. The standard InChI is InChI=1S/C15H28N2O/c1-5-12-8-7-11(2)17(12)14(18)13-15(3,4)9-6-10-16-13/h11-13,16H,5-10H2,1-4H3. The molecule has 3 unspecified atom stereocenters. The predicted molar refractivity (Wildman–Crippen MR) is 74.4 cm³/mol. The molecule has 0 aromatic rings. The molecule has 1 N–H and O–H groups in total. The van der Waals surface area contributed by atoms with Crippen molar-refractivity contribution in [2.24, 2.45) is 5.41 Å². The largest absolute Gasteiger partial charge is 0.336 e. The van der Waals surface area contributed by atoms with E-state index in [1.165, 1.54) is 12.8 Å². The third-order valence-electron chi connectivity index (χ3n) is 4.89. The van der Waals surface area contributed by atoms with Gasteiger partial charge in [0.05, 0.1) is 6.04 Å². The second kappa shape index (κ2) is 5.20. The maximum Gasteiger partial charge on any atom is 0.240 e. The first-order valence-electron chi connectivity index (χ1n) is 7.53. The van der Waals surface area contributed by atoms with Gasteiger partial charge in [-0.15, -0.1) is 0 Å². The first-order valence-corrected chi connectivity index (χ1v) is 7.53. The highest BCUT2D eigenvalue weighted by atomic mass is 16.2. The van der Waals surface area contributed by atoms with E-state index in [2.05, 4.69) is 37.9 Å². The van der Waals surface area contributed by atoms with Crippen LogP contribution in [0.15, 0.2) is 0 Å². The minimum absolute atomic E-state index is 0.0147. The summed E-state index contributed by atoms with van der Waals surface area (Å²) in [4.78, 5) is 15.0. The van der Waals surface area contributed by atoms with Gasteiger partial charge in [0.2, 0.25) is 5.91 Å². The van der Waals surface area contributed by atoms with E-state index < -0.39 is 0 Å². The van der Waals surface area contributed by atoms with Gasteiger partial charge in [0.25, 0.3) is 0 Å². The number of carbonyl (C=O) groups excluding carboxylic acids is 1. The molecule has 2 fully saturated rings. The van der Waals surface area contributed by atoms with Crippen LogP contribution in [0.3, 0.4) is 0 Å². The Labute approximate surface area is 111 Å². The summed E-state index contributed by atoms with van der Waals surface area (Å²) in [6, 6.07) is 0.898. The average Bonchev–Trinajstić information content (AvgIpc) is 2.69. The van der Waals surface area contributed by atoms with Crippen LogP contribution in [0.4, 0.5) is 0 Å². The van der Waals surface area contributed by atoms with Crippen LogP contribution >= 0.6 is 0 Å². The molecule has 2 aliphatic heterocycles. The van der Waals surface area contributed by atoms with E-state index in [0.29, 0.717) is 18.0 Å². The van der Waals surface area contributed by atoms with Crippen molar-refractivity contribution in [3.63, 3.8) is 0 Å². The van der Waals surface area contributed by atoms with Crippen LogP contribution in [0.2, 0.25) is 0 Å². The zero-order chi connectivity index (χ0) is 13.3. The Balaban J connectivity index is 2.14. The first-order chi connectivity index (χ1) is 8.47. The van der Waals surface area contributed by atoms with Crippen LogP contribution in [-0.2, 0) is 4.79 Å². The summed E-state index contributed by atoms with van der Waals surface area (Å²) in [5.74, 6) is 0.344. The van der Waals surface area contributed by atoms with Gasteiger partial charge in [-0.2, -0.15) is 0 Å². The van der Waals surface area contributed by atoms with Crippen LogP contribution in [0.25, 0.3) is 0 Å². The van der Waals surface area contributed by atoms with Crippen LogP contribution in [0.1, 0.15) is 59.8 Å². The number of nitrogens with one attached hydrogen (secondary N) is 1. The lowest BCUT2D eigenvalue weighted by molar-refractivity contribution is -0.140. The van der Waals surface area contributed by atoms with Gasteiger partial charge in [-0.3, -0.25) is 4.79 Å². The number of piperidine rings is 1. The Morgan fingerprint density at radius 1 is 1.39 bits per heavy atom. The van der Waals surface area contributed by atoms with Gasteiger partial charge in [0.1, 0.15) is 0 Å².